The first-order valence-corrected chi connectivity index (χ1v) is 7.22. The summed E-state index contributed by atoms with van der Waals surface area (Å²) in [5.41, 5.74) is 0.590. The second-order valence-electron chi connectivity index (χ2n) is 5.81. The van der Waals surface area contributed by atoms with Crippen LogP contribution in [0.4, 0.5) is 0 Å². The summed E-state index contributed by atoms with van der Waals surface area (Å²) in [5, 5.41) is 11.1. The van der Waals surface area contributed by atoms with Gasteiger partial charge in [0, 0.05) is 12.4 Å². The normalized spacial score (nSPS) is 13.2. The summed E-state index contributed by atoms with van der Waals surface area (Å²) < 4.78 is 5.63. The van der Waals surface area contributed by atoms with E-state index in [2.05, 4.69) is 40.8 Å². The number of carbonyl (C=O) groups is 1. The van der Waals surface area contributed by atoms with Crippen molar-refractivity contribution in [2.75, 3.05) is 0 Å². The van der Waals surface area contributed by atoms with Gasteiger partial charge in [-0.05, 0) is 29.9 Å². The quantitative estimate of drug-likeness (QED) is 0.934. The summed E-state index contributed by atoms with van der Waals surface area (Å²) >= 11 is 1.12. The average molecular weight is 293 g/mol. The van der Waals surface area contributed by atoms with Crippen LogP contribution in [0.3, 0.4) is 0 Å². The van der Waals surface area contributed by atoms with Crippen LogP contribution in [0.2, 0.25) is 0 Å². The molecule has 0 aliphatic carbocycles. The van der Waals surface area contributed by atoms with E-state index in [0.29, 0.717) is 17.1 Å². The van der Waals surface area contributed by atoms with Gasteiger partial charge in [-0.2, -0.15) is 5.10 Å². The minimum atomic E-state index is -0.121. The zero-order valence-electron chi connectivity index (χ0n) is 12.1. The smallest absolute Gasteiger partial charge is 0.265 e. The molecule has 0 aliphatic heterocycles. The second-order valence-corrected chi connectivity index (χ2v) is 6.56. The predicted octanol–water partition coefficient (Wildman–Crippen LogP) is 1.89. The predicted molar refractivity (Wildman–Crippen MR) is 77.6 cm³/mol. The van der Waals surface area contributed by atoms with Gasteiger partial charge in [-0.1, -0.05) is 25.3 Å². The molecule has 2 rings (SSSR count). The standard InChI is InChI=1S/C13H19N5OS/c1-9-11(20-17-16-9)12(19)15-10(13(2,3)4)8-18-7-5-6-14-18/h5-7,10H,8H2,1-4H3,(H,15,19). The van der Waals surface area contributed by atoms with Crippen molar-refractivity contribution in [2.45, 2.75) is 40.3 Å². The number of hydrogen-bond donors (Lipinski definition) is 1. The van der Waals surface area contributed by atoms with Gasteiger partial charge in [0.25, 0.3) is 5.91 Å². The highest BCUT2D eigenvalue weighted by Crippen LogP contribution is 2.21. The molecule has 0 aliphatic rings. The molecule has 0 bridgehead atoms. The molecule has 0 saturated carbocycles. The van der Waals surface area contributed by atoms with Crippen molar-refractivity contribution < 1.29 is 4.79 Å². The molecule has 0 saturated heterocycles. The average Bonchev–Trinajstić information content (AvgIpc) is 2.98. The number of nitrogens with one attached hydrogen (secondary N) is 1. The number of carbonyl (C=O) groups excluding carboxylic acids is 1. The second kappa shape index (κ2) is 5.70. The third-order valence-electron chi connectivity index (χ3n) is 3.14. The Bertz CT molecular complexity index is 570. The van der Waals surface area contributed by atoms with Crippen LogP contribution in [0.15, 0.2) is 18.5 Å². The van der Waals surface area contributed by atoms with Crippen LogP contribution in [0.1, 0.15) is 36.1 Å². The molecule has 0 aromatic carbocycles. The summed E-state index contributed by atoms with van der Waals surface area (Å²) in [7, 11) is 0. The molecule has 7 heteroatoms. The van der Waals surface area contributed by atoms with E-state index in [-0.39, 0.29) is 17.4 Å². The third kappa shape index (κ3) is 3.41. The van der Waals surface area contributed by atoms with Gasteiger partial charge in [0.05, 0.1) is 18.3 Å². The zero-order valence-corrected chi connectivity index (χ0v) is 12.9. The topological polar surface area (TPSA) is 72.7 Å². The molecule has 2 aromatic heterocycles. The Morgan fingerprint density at radius 2 is 2.25 bits per heavy atom. The molecule has 1 amide bonds. The molecule has 20 heavy (non-hydrogen) atoms. The number of aromatic nitrogens is 4. The van der Waals surface area contributed by atoms with Crippen LogP contribution in [-0.2, 0) is 6.54 Å². The fourth-order valence-electron chi connectivity index (χ4n) is 1.80. The number of aryl methyl sites for hydroxylation is 1. The monoisotopic (exact) mass is 293 g/mol. The van der Waals surface area contributed by atoms with Gasteiger partial charge in [-0.15, -0.1) is 5.10 Å². The van der Waals surface area contributed by atoms with Crippen LogP contribution in [0, 0.1) is 12.3 Å². The van der Waals surface area contributed by atoms with Gasteiger partial charge in [-0.25, -0.2) is 0 Å². The Morgan fingerprint density at radius 1 is 1.50 bits per heavy atom. The lowest BCUT2D eigenvalue weighted by Gasteiger charge is -2.31. The van der Waals surface area contributed by atoms with E-state index in [4.69, 9.17) is 0 Å². The van der Waals surface area contributed by atoms with Crippen molar-refractivity contribution in [1.29, 1.82) is 0 Å². The van der Waals surface area contributed by atoms with Crippen molar-refractivity contribution in [1.82, 2.24) is 24.7 Å². The number of amides is 1. The molecule has 1 unspecified atom stereocenters. The maximum absolute atomic E-state index is 12.3. The molecule has 0 spiro atoms. The van der Waals surface area contributed by atoms with Crippen LogP contribution in [-0.4, -0.2) is 31.3 Å². The molecule has 0 radical (unpaired) electrons. The first kappa shape index (κ1) is 14.6. The summed E-state index contributed by atoms with van der Waals surface area (Å²) in [6, 6.07) is 1.84. The van der Waals surface area contributed by atoms with Crippen molar-refractivity contribution >= 4 is 17.4 Å². The summed E-state index contributed by atoms with van der Waals surface area (Å²) in [5.74, 6) is -0.121. The van der Waals surface area contributed by atoms with Gasteiger partial charge in [0.2, 0.25) is 0 Å². The van der Waals surface area contributed by atoms with Crippen LogP contribution in [0.5, 0.6) is 0 Å². The van der Waals surface area contributed by atoms with E-state index in [1.807, 2.05) is 16.9 Å². The van der Waals surface area contributed by atoms with E-state index >= 15 is 0 Å². The summed E-state index contributed by atoms with van der Waals surface area (Å²) in [6.45, 7) is 8.71. The summed E-state index contributed by atoms with van der Waals surface area (Å²) in [4.78, 5) is 12.9. The van der Waals surface area contributed by atoms with Crippen molar-refractivity contribution in [3.8, 4) is 0 Å². The molecule has 2 heterocycles. The van der Waals surface area contributed by atoms with Gasteiger partial charge in [-0.3, -0.25) is 9.48 Å². The SMILES string of the molecule is Cc1nnsc1C(=O)NC(Cn1cccn1)C(C)(C)C. The van der Waals surface area contributed by atoms with E-state index in [0.717, 1.165) is 11.5 Å². The molecular formula is C13H19N5OS. The van der Waals surface area contributed by atoms with E-state index in [1.54, 1.807) is 13.1 Å². The largest absolute Gasteiger partial charge is 0.346 e. The van der Waals surface area contributed by atoms with Crippen molar-refractivity contribution in [3.05, 3.63) is 29.0 Å². The number of hydrogen-bond acceptors (Lipinski definition) is 5. The highest BCUT2D eigenvalue weighted by Gasteiger charge is 2.28. The van der Waals surface area contributed by atoms with Crippen LogP contribution < -0.4 is 5.32 Å². The Labute approximate surface area is 122 Å². The molecular weight excluding hydrogens is 274 g/mol. The molecule has 1 atom stereocenters. The Kier molecular flexibility index (Phi) is 4.17. The first-order chi connectivity index (χ1) is 9.38. The molecule has 1 N–H and O–H groups in total. The lowest BCUT2D eigenvalue weighted by atomic mass is 9.86. The Balaban J connectivity index is 2.12. The van der Waals surface area contributed by atoms with Crippen LogP contribution >= 0.6 is 11.5 Å². The van der Waals surface area contributed by atoms with Gasteiger partial charge in [0.15, 0.2) is 0 Å². The number of rotatable bonds is 4. The minimum absolute atomic E-state index is 0.0311. The Hall–Kier alpha value is -1.76. The molecule has 108 valence electrons. The van der Waals surface area contributed by atoms with Crippen molar-refractivity contribution in [3.63, 3.8) is 0 Å². The van der Waals surface area contributed by atoms with E-state index < -0.39 is 0 Å². The highest BCUT2D eigenvalue weighted by molar-refractivity contribution is 7.08. The van der Waals surface area contributed by atoms with Crippen molar-refractivity contribution in [2.24, 2.45) is 5.41 Å². The fourth-order valence-corrected chi connectivity index (χ4v) is 2.35. The molecule has 6 nitrogen and oxygen atoms in total. The minimum Gasteiger partial charge on any atom is -0.346 e. The summed E-state index contributed by atoms with van der Waals surface area (Å²) in [6.07, 6.45) is 3.63. The van der Waals surface area contributed by atoms with Crippen LogP contribution in [0.25, 0.3) is 0 Å². The lowest BCUT2D eigenvalue weighted by molar-refractivity contribution is 0.0894. The zero-order chi connectivity index (χ0) is 14.8. The molecule has 2 aromatic rings. The maximum atomic E-state index is 12.3. The Morgan fingerprint density at radius 3 is 2.75 bits per heavy atom. The highest BCUT2D eigenvalue weighted by atomic mass is 32.1. The van der Waals surface area contributed by atoms with Gasteiger partial charge < -0.3 is 5.32 Å². The van der Waals surface area contributed by atoms with E-state index in [9.17, 15) is 4.79 Å². The lowest BCUT2D eigenvalue weighted by Crippen LogP contribution is -2.46. The first-order valence-electron chi connectivity index (χ1n) is 6.45. The van der Waals surface area contributed by atoms with Gasteiger partial charge >= 0.3 is 0 Å². The molecule has 0 fully saturated rings. The van der Waals surface area contributed by atoms with Gasteiger partial charge in [0.1, 0.15) is 4.88 Å². The fraction of sp³-hybridized carbons (Fsp3) is 0.538. The third-order valence-corrected chi connectivity index (χ3v) is 3.96. The van der Waals surface area contributed by atoms with E-state index in [1.165, 1.54) is 0 Å². The number of nitrogens with zero attached hydrogens (tertiary/aromatic N) is 4. The maximum Gasteiger partial charge on any atom is 0.265 e.